The molecule has 0 saturated carbocycles. The largest absolute Gasteiger partial charge is 0.494 e. The lowest BCUT2D eigenvalue weighted by Crippen LogP contribution is -2.40. The molecule has 0 fully saturated rings. The monoisotopic (exact) mass is 458 g/mol. The van der Waals surface area contributed by atoms with Gasteiger partial charge in [0.15, 0.2) is 23.5 Å². The lowest BCUT2D eigenvalue weighted by molar-refractivity contribution is 0.239. The maximum atomic E-state index is 10.2. The molecule has 0 atom stereocenters. The Kier molecular flexibility index (Phi) is 9.26. The number of hydrogen-bond donors (Lipinski definition) is 6. The number of aromatic hydroxyl groups is 4. The van der Waals surface area contributed by atoms with Crippen molar-refractivity contribution in [3.05, 3.63) is 23.3 Å². The molecule has 6 N–H and O–H groups in total. The van der Waals surface area contributed by atoms with Crippen LogP contribution in [-0.2, 0) is 34.8 Å². The molecule has 0 saturated heterocycles. The smallest absolute Gasteiger partial charge is 0.337 e. The molecule has 176 valence electrons. The van der Waals surface area contributed by atoms with Crippen molar-refractivity contribution in [3.8, 4) is 23.5 Å². The molecule has 11 heteroatoms. The summed E-state index contributed by atoms with van der Waals surface area (Å²) in [5, 5.41) is 58.3. The summed E-state index contributed by atoms with van der Waals surface area (Å²) >= 11 is 0. The van der Waals surface area contributed by atoms with Crippen LogP contribution >= 0.6 is 0 Å². The Bertz CT molecular complexity index is 767. The van der Waals surface area contributed by atoms with Crippen LogP contribution in [-0.4, -0.2) is 75.8 Å². The van der Waals surface area contributed by atoms with Crippen molar-refractivity contribution in [2.45, 2.75) is 50.9 Å². The van der Waals surface area contributed by atoms with Gasteiger partial charge in [-0.3, -0.25) is 9.13 Å². The molecule has 2 aromatic heterocycles. The van der Waals surface area contributed by atoms with E-state index in [0.29, 0.717) is 48.9 Å². The topological polar surface area (TPSA) is 150 Å². The van der Waals surface area contributed by atoms with Gasteiger partial charge in [0.25, 0.3) is 0 Å². The molecule has 2 rings (SSSR count). The van der Waals surface area contributed by atoms with Gasteiger partial charge in [0.1, 0.15) is 0 Å². The number of aliphatic hydroxyl groups is 2. The van der Waals surface area contributed by atoms with Crippen LogP contribution in [0.4, 0.5) is 0 Å². The van der Waals surface area contributed by atoms with E-state index >= 15 is 0 Å². The molecule has 0 amide bonds. The van der Waals surface area contributed by atoms with Crippen LogP contribution in [0.15, 0.2) is 12.1 Å². The van der Waals surface area contributed by atoms with Crippen LogP contribution in [0, 0.1) is 0 Å². The Labute approximate surface area is 182 Å². The van der Waals surface area contributed by atoms with Crippen molar-refractivity contribution in [1.29, 1.82) is 0 Å². The second-order valence-corrected chi connectivity index (χ2v) is 11.1. The standard InChI is InChI=1S/C20H34N2O8Si/c1-29-31(30-2,11-3-5-15-13-17(25)21(7-9-23)19(15)27)12-4-6-16-14-18(26)22(8-10-24)20(16)28/h13-14,23-28H,3-12H2,1-2H3. The van der Waals surface area contributed by atoms with Gasteiger partial charge in [0.05, 0.1) is 26.3 Å². The number of nitrogens with zero attached hydrogens (tertiary/aromatic N) is 2. The van der Waals surface area contributed by atoms with E-state index in [1.165, 1.54) is 21.3 Å². The molecule has 0 aromatic carbocycles. The second kappa shape index (κ2) is 11.4. The SMILES string of the molecule is CO[Si](CCCc1cc(O)n(CCO)c1O)(CCCc1cc(O)n(CCO)c1O)OC. The van der Waals surface area contributed by atoms with E-state index in [0.717, 1.165) is 0 Å². The lowest BCUT2D eigenvalue weighted by atomic mass is 10.2. The highest BCUT2D eigenvalue weighted by molar-refractivity contribution is 6.67. The average molecular weight is 459 g/mol. The Hall–Kier alpha value is -2.18. The highest BCUT2D eigenvalue weighted by Gasteiger charge is 2.34. The molecule has 0 radical (unpaired) electrons. The fourth-order valence-electron chi connectivity index (χ4n) is 3.88. The molecule has 0 bridgehead atoms. The summed E-state index contributed by atoms with van der Waals surface area (Å²) < 4.78 is 14.1. The quantitative estimate of drug-likeness (QED) is 0.233. The fraction of sp³-hybridized carbons (Fsp3) is 0.600. The predicted molar refractivity (Wildman–Crippen MR) is 116 cm³/mol. The predicted octanol–water partition coefficient (Wildman–Crippen LogP) is 1.40. The highest BCUT2D eigenvalue weighted by Crippen LogP contribution is 2.32. The molecule has 0 spiro atoms. The van der Waals surface area contributed by atoms with Crippen molar-refractivity contribution in [1.82, 2.24) is 9.13 Å². The molecule has 2 aromatic rings. The van der Waals surface area contributed by atoms with Crippen LogP contribution in [0.1, 0.15) is 24.0 Å². The van der Waals surface area contributed by atoms with E-state index in [1.54, 1.807) is 14.2 Å². The molecule has 0 aliphatic heterocycles. The van der Waals surface area contributed by atoms with Gasteiger partial charge >= 0.3 is 8.56 Å². The number of aliphatic hydroxyl groups excluding tert-OH is 2. The fourth-order valence-corrected chi connectivity index (χ4v) is 6.55. The lowest BCUT2D eigenvalue weighted by Gasteiger charge is -2.27. The third kappa shape index (κ3) is 5.95. The highest BCUT2D eigenvalue weighted by atomic mass is 28.4. The van der Waals surface area contributed by atoms with Crippen molar-refractivity contribution in [3.63, 3.8) is 0 Å². The molecule has 0 aliphatic carbocycles. The normalized spacial score (nSPS) is 12.0. The number of aryl methyl sites for hydroxylation is 2. The van der Waals surface area contributed by atoms with Gasteiger partial charge < -0.3 is 39.5 Å². The Morgan fingerprint density at radius 3 is 1.45 bits per heavy atom. The van der Waals surface area contributed by atoms with Crippen LogP contribution < -0.4 is 0 Å². The summed E-state index contributed by atoms with van der Waals surface area (Å²) in [5.41, 5.74) is 1.21. The van der Waals surface area contributed by atoms with Gasteiger partial charge in [-0.15, -0.1) is 0 Å². The molecule has 10 nitrogen and oxygen atoms in total. The van der Waals surface area contributed by atoms with E-state index in [-0.39, 0.29) is 49.8 Å². The number of rotatable bonds is 14. The third-order valence-electron chi connectivity index (χ3n) is 5.64. The van der Waals surface area contributed by atoms with E-state index in [4.69, 9.17) is 19.1 Å². The summed E-state index contributed by atoms with van der Waals surface area (Å²) in [4.78, 5) is 0. The first-order valence-electron chi connectivity index (χ1n) is 10.3. The number of hydrogen-bond acceptors (Lipinski definition) is 8. The zero-order valence-corrected chi connectivity index (χ0v) is 19.1. The summed E-state index contributed by atoms with van der Waals surface area (Å²) in [6.45, 7) is -0.130. The molecule has 0 aliphatic rings. The van der Waals surface area contributed by atoms with Crippen LogP contribution in [0.2, 0.25) is 12.1 Å². The first-order chi connectivity index (χ1) is 14.8. The minimum absolute atomic E-state index is 0.0451. The Balaban J connectivity index is 1.94. The van der Waals surface area contributed by atoms with Gasteiger partial charge in [0, 0.05) is 37.5 Å². The van der Waals surface area contributed by atoms with Crippen LogP contribution in [0.5, 0.6) is 23.5 Å². The summed E-state index contributed by atoms with van der Waals surface area (Å²) in [6, 6.07) is 4.35. The summed E-state index contributed by atoms with van der Waals surface area (Å²) in [7, 11) is 0.734. The zero-order valence-electron chi connectivity index (χ0n) is 18.1. The van der Waals surface area contributed by atoms with E-state index in [1.807, 2.05) is 0 Å². The van der Waals surface area contributed by atoms with Crippen molar-refractivity contribution >= 4 is 8.56 Å². The average Bonchev–Trinajstić information content (AvgIpc) is 3.17. The number of aromatic nitrogens is 2. The van der Waals surface area contributed by atoms with Crippen molar-refractivity contribution in [2.75, 3.05) is 27.4 Å². The second-order valence-electron chi connectivity index (χ2n) is 7.48. The van der Waals surface area contributed by atoms with Gasteiger partial charge in [-0.25, -0.2) is 0 Å². The molecule has 2 heterocycles. The summed E-state index contributed by atoms with van der Waals surface area (Å²) in [6.07, 6.45) is 2.42. The van der Waals surface area contributed by atoms with Crippen molar-refractivity contribution < 1.29 is 39.5 Å². The van der Waals surface area contributed by atoms with E-state index < -0.39 is 8.56 Å². The van der Waals surface area contributed by atoms with Crippen LogP contribution in [0.25, 0.3) is 0 Å². The minimum atomic E-state index is -2.51. The van der Waals surface area contributed by atoms with E-state index in [2.05, 4.69) is 0 Å². The van der Waals surface area contributed by atoms with Crippen LogP contribution in [0.3, 0.4) is 0 Å². The molecular weight excluding hydrogens is 424 g/mol. The first-order valence-corrected chi connectivity index (χ1v) is 12.6. The van der Waals surface area contributed by atoms with Gasteiger partial charge in [-0.05, 0) is 37.8 Å². The first kappa shape index (κ1) is 25.1. The van der Waals surface area contributed by atoms with Crippen molar-refractivity contribution in [2.24, 2.45) is 0 Å². The van der Waals surface area contributed by atoms with Gasteiger partial charge in [0.2, 0.25) is 0 Å². The van der Waals surface area contributed by atoms with Gasteiger partial charge in [-0.2, -0.15) is 0 Å². The Morgan fingerprint density at radius 2 is 1.13 bits per heavy atom. The summed E-state index contributed by atoms with van der Waals surface area (Å²) in [5.74, 6) is -0.257. The molecular formula is C20H34N2O8Si. The maximum absolute atomic E-state index is 10.2. The molecule has 31 heavy (non-hydrogen) atoms. The van der Waals surface area contributed by atoms with E-state index in [9.17, 15) is 20.4 Å². The minimum Gasteiger partial charge on any atom is -0.494 e. The zero-order chi connectivity index (χ0) is 23.0. The maximum Gasteiger partial charge on any atom is 0.337 e. The van der Waals surface area contributed by atoms with Gasteiger partial charge in [-0.1, -0.05) is 0 Å². The Morgan fingerprint density at radius 1 is 0.742 bits per heavy atom. The molecule has 0 unspecified atom stereocenters. The third-order valence-corrected chi connectivity index (χ3v) is 9.36.